The standard InChI is InChI=1S/C29H22/c1-3-12-25-20(7-1)15-16-23(25)19-24-11-5-9-22-10-6-14-28(29(22)24)27-18-17-21-8-2-4-13-26(21)27/h1-18,23,27H,19H2. The molecular formula is C29H22. The first-order valence-corrected chi connectivity index (χ1v) is 10.4. The molecule has 2 aliphatic rings. The van der Waals surface area contributed by atoms with Gasteiger partial charge in [-0.1, -0.05) is 109 Å². The molecule has 0 fully saturated rings. The predicted molar refractivity (Wildman–Crippen MR) is 123 cm³/mol. The number of rotatable bonds is 3. The van der Waals surface area contributed by atoms with Crippen molar-refractivity contribution in [3.8, 4) is 0 Å². The van der Waals surface area contributed by atoms with E-state index in [1.165, 1.54) is 44.2 Å². The van der Waals surface area contributed by atoms with Gasteiger partial charge in [-0.25, -0.2) is 0 Å². The van der Waals surface area contributed by atoms with Gasteiger partial charge in [-0.05, 0) is 50.6 Å². The van der Waals surface area contributed by atoms with Crippen LogP contribution in [-0.4, -0.2) is 0 Å². The first-order chi connectivity index (χ1) is 14.4. The van der Waals surface area contributed by atoms with Crippen LogP contribution in [0.15, 0.2) is 97.1 Å². The average Bonchev–Trinajstić information content (AvgIpc) is 3.38. The Hall–Kier alpha value is -3.38. The summed E-state index contributed by atoms with van der Waals surface area (Å²) in [5.41, 5.74) is 8.45. The number of allylic oxidation sites excluding steroid dienone is 2. The van der Waals surface area contributed by atoms with Gasteiger partial charge in [0.2, 0.25) is 0 Å². The SMILES string of the molecule is C1=CC(Cc2cccc3cccc(C4C=Cc5ccccc54)c23)c2ccccc21. The normalized spacial score (nSPS) is 18.9. The lowest BCUT2D eigenvalue weighted by atomic mass is 9.85. The van der Waals surface area contributed by atoms with E-state index in [4.69, 9.17) is 0 Å². The van der Waals surface area contributed by atoms with Crippen LogP contribution in [0.3, 0.4) is 0 Å². The second-order valence-electron chi connectivity index (χ2n) is 8.13. The van der Waals surface area contributed by atoms with E-state index in [1.807, 2.05) is 0 Å². The van der Waals surface area contributed by atoms with Gasteiger partial charge < -0.3 is 0 Å². The van der Waals surface area contributed by atoms with E-state index >= 15 is 0 Å². The Morgan fingerprint density at radius 3 is 2.07 bits per heavy atom. The minimum atomic E-state index is 0.336. The van der Waals surface area contributed by atoms with Gasteiger partial charge in [-0.3, -0.25) is 0 Å². The molecular weight excluding hydrogens is 348 g/mol. The molecule has 4 aromatic carbocycles. The summed E-state index contributed by atoms with van der Waals surface area (Å²) in [5, 5.41) is 2.77. The molecule has 6 rings (SSSR count). The quantitative estimate of drug-likeness (QED) is 0.353. The monoisotopic (exact) mass is 370 g/mol. The third kappa shape index (κ3) is 2.68. The fraction of sp³-hybridized carbons (Fsp3) is 0.103. The van der Waals surface area contributed by atoms with Crippen LogP contribution in [-0.2, 0) is 6.42 Å². The van der Waals surface area contributed by atoms with Gasteiger partial charge in [0.25, 0.3) is 0 Å². The Morgan fingerprint density at radius 1 is 0.552 bits per heavy atom. The lowest BCUT2D eigenvalue weighted by molar-refractivity contribution is 0.854. The maximum atomic E-state index is 2.37. The van der Waals surface area contributed by atoms with Gasteiger partial charge in [0, 0.05) is 11.8 Å². The van der Waals surface area contributed by atoms with Crippen molar-refractivity contribution < 1.29 is 0 Å². The van der Waals surface area contributed by atoms with Gasteiger partial charge in [-0.2, -0.15) is 0 Å². The van der Waals surface area contributed by atoms with Crippen LogP contribution in [0.5, 0.6) is 0 Å². The highest BCUT2D eigenvalue weighted by Gasteiger charge is 2.23. The maximum absolute atomic E-state index is 2.37. The number of benzene rings is 4. The summed E-state index contributed by atoms with van der Waals surface area (Å²) in [6.45, 7) is 0. The number of hydrogen-bond acceptors (Lipinski definition) is 0. The zero-order valence-electron chi connectivity index (χ0n) is 16.3. The van der Waals surface area contributed by atoms with E-state index in [9.17, 15) is 0 Å². The summed E-state index contributed by atoms with van der Waals surface area (Å²) in [6.07, 6.45) is 10.3. The summed E-state index contributed by atoms with van der Waals surface area (Å²) >= 11 is 0. The fourth-order valence-electron chi connectivity index (χ4n) is 5.14. The number of hydrogen-bond donors (Lipinski definition) is 0. The molecule has 2 unspecified atom stereocenters. The van der Waals surface area contributed by atoms with Crippen molar-refractivity contribution in [2.75, 3.05) is 0 Å². The van der Waals surface area contributed by atoms with Crippen LogP contribution >= 0.6 is 0 Å². The van der Waals surface area contributed by atoms with Gasteiger partial charge >= 0.3 is 0 Å². The van der Waals surface area contributed by atoms with Gasteiger partial charge in [0.15, 0.2) is 0 Å². The molecule has 2 atom stereocenters. The molecule has 138 valence electrons. The lowest BCUT2D eigenvalue weighted by Crippen LogP contribution is -2.03. The molecule has 0 heterocycles. The molecule has 0 radical (unpaired) electrons. The molecule has 29 heavy (non-hydrogen) atoms. The Balaban J connectivity index is 1.48. The molecule has 0 aromatic heterocycles. The highest BCUT2D eigenvalue weighted by Crippen LogP contribution is 2.41. The van der Waals surface area contributed by atoms with Crippen LogP contribution in [0.1, 0.15) is 45.2 Å². The lowest BCUT2D eigenvalue weighted by Gasteiger charge is -2.19. The Labute approximate surface area is 171 Å². The minimum Gasteiger partial charge on any atom is -0.0760 e. The molecule has 0 saturated carbocycles. The van der Waals surface area contributed by atoms with Crippen LogP contribution < -0.4 is 0 Å². The third-order valence-electron chi connectivity index (χ3n) is 6.50. The van der Waals surface area contributed by atoms with Crippen LogP contribution in [0, 0.1) is 0 Å². The summed E-state index contributed by atoms with van der Waals surface area (Å²) in [6, 6.07) is 31.2. The Kier molecular flexibility index (Phi) is 3.77. The first-order valence-electron chi connectivity index (χ1n) is 10.4. The summed E-state index contributed by atoms with van der Waals surface area (Å²) in [7, 11) is 0. The second kappa shape index (κ2) is 6.60. The smallest absolute Gasteiger partial charge is 0.0285 e. The molecule has 0 aliphatic heterocycles. The first kappa shape index (κ1) is 16.6. The van der Waals surface area contributed by atoms with Crippen LogP contribution in [0.2, 0.25) is 0 Å². The average molecular weight is 370 g/mol. The zero-order valence-corrected chi connectivity index (χ0v) is 16.3. The number of fused-ring (bicyclic) bond motifs is 3. The molecule has 0 heteroatoms. The van der Waals surface area contributed by atoms with E-state index < -0.39 is 0 Å². The van der Waals surface area contributed by atoms with Crippen molar-refractivity contribution in [2.45, 2.75) is 18.3 Å². The van der Waals surface area contributed by atoms with Gasteiger partial charge in [0.1, 0.15) is 0 Å². The Bertz CT molecular complexity index is 1280. The van der Waals surface area contributed by atoms with E-state index in [1.54, 1.807) is 0 Å². The fourth-order valence-corrected chi connectivity index (χ4v) is 5.14. The van der Waals surface area contributed by atoms with Crippen LogP contribution in [0.4, 0.5) is 0 Å². The highest BCUT2D eigenvalue weighted by molar-refractivity contribution is 5.91. The van der Waals surface area contributed by atoms with Crippen LogP contribution in [0.25, 0.3) is 22.9 Å². The molecule has 0 saturated heterocycles. The predicted octanol–water partition coefficient (Wildman–Crippen LogP) is 7.35. The Morgan fingerprint density at radius 2 is 1.21 bits per heavy atom. The third-order valence-corrected chi connectivity index (χ3v) is 6.50. The maximum Gasteiger partial charge on any atom is 0.0285 e. The molecule has 0 spiro atoms. The summed E-state index contributed by atoms with van der Waals surface area (Å²) < 4.78 is 0. The van der Waals surface area contributed by atoms with Crippen molar-refractivity contribution in [3.05, 3.63) is 130 Å². The zero-order chi connectivity index (χ0) is 19.2. The second-order valence-corrected chi connectivity index (χ2v) is 8.13. The highest BCUT2D eigenvalue weighted by atomic mass is 14.3. The summed E-state index contributed by atoms with van der Waals surface area (Å²) in [4.78, 5) is 0. The minimum absolute atomic E-state index is 0.336. The topological polar surface area (TPSA) is 0 Å². The molecule has 4 aromatic rings. The van der Waals surface area contributed by atoms with E-state index in [0.29, 0.717) is 11.8 Å². The van der Waals surface area contributed by atoms with E-state index in [2.05, 4.69) is 109 Å². The van der Waals surface area contributed by atoms with Crippen molar-refractivity contribution >= 4 is 22.9 Å². The van der Waals surface area contributed by atoms with Gasteiger partial charge in [-0.15, -0.1) is 0 Å². The molecule has 2 aliphatic carbocycles. The van der Waals surface area contributed by atoms with Crippen molar-refractivity contribution in [1.82, 2.24) is 0 Å². The molecule has 0 nitrogen and oxygen atoms in total. The molecule has 0 bridgehead atoms. The van der Waals surface area contributed by atoms with E-state index in [-0.39, 0.29) is 0 Å². The largest absolute Gasteiger partial charge is 0.0760 e. The van der Waals surface area contributed by atoms with Crippen molar-refractivity contribution in [2.24, 2.45) is 0 Å². The van der Waals surface area contributed by atoms with Gasteiger partial charge in [0.05, 0.1) is 0 Å². The van der Waals surface area contributed by atoms with E-state index in [0.717, 1.165) is 6.42 Å². The van der Waals surface area contributed by atoms with Crippen molar-refractivity contribution in [1.29, 1.82) is 0 Å². The summed E-state index contributed by atoms with van der Waals surface area (Å²) in [5.74, 6) is 0.790. The van der Waals surface area contributed by atoms with Crippen molar-refractivity contribution in [3.63, 3.8) is 0 Å². The molecule has 0 N–H and O–H groups in total. The molecule has 0 amide bonds.